The van der Waals surface area contributed by atoms with E-state index < -0.39 is 0 Å². The number of nitrogen functional groups attached to an aromatic ring is 1. The monoisotopic (exact) mass is 244 g/mol. The van der Waals surface area contributed by atoms with Crippen LogP contribution in [0.4, 0.5) is 17.2 Å². The Morgan fingerprint density at radius 2 is 1.89 bits per heavy atom. The average Bonchev–Trinajstić information content (AvgIpc) is 2.46. The topological polar surface area (TPSA) is 63.4 Å². The number of hydrogen-bond donors (Lipinski definition) is 2. The lowest BCUT2D eigenvalue weighted by Gasteiger charge is -2.20. The Morgan fingerprint density at radius 3 is 2.50 bits per heavy atom. The number of nitrogens with two attached hydrogens (primary N) is 1. The standard InChI is InChI=1S/C13H16N4O/c1-17(10-3-5-12(18-2)6-4-10)11-7-8-15-13(9-11)16-14/h3-9H,14H2,1-2H3,(H,15,16). The maximum absolute atomic E-state index is 5.35. The molecular weight excluding hydrogens is 228 g/mol. The largest absolute Gasteiger partial charge is 0.497 e. The van der Waals surface area contributed by atoms with Crippen molar-refractivity contribution in [1.29, 1.82) is 0 Å². The highest BCUT2D eigenvalue weighted by Crippen LogP contribution is 2.26. The molecule has 18 heavy (non-hydrogen) atoms. The third-order valence-corrected chi connectivity index (χ3v) is 2.74. The zero-order valence-corrected chi connectivity index (χ0v) is 10.4. The minimum Gasteiger partial charge on any atom is -0.497 e. The number of nitrogens with one attached hydrogen (secondary N) is 1. The van der Waals surface area contributed by atoms with Crippen molar-refractivity contribution in [2.45, 2.75) is 0 Å². The van der Waals surface area contributed by atoms with E-state index in [2.05, 4.69) is 10.4 Å². The number of nitrogens with zero attached hydrogens (tertiary/aromatic N) is 2. The Bertz CT molecular complexity index is 513. The van der Waals surface area contributed by atoms with Gasteiger partial charge in [0.25, 0.3) is 0 Å². The van der Waals surface area contributed by atoms with Crippen LogP contribution in [-0.4, -0.2) is 19.1 Å². The average molecular weight is 244 g/mol. The first-order valence-corrected chi connectivity index (χ1v) is 5.55. The summed E-state index contributed by atoms with van der Waals surface area (Å²) < 4.78 is 5.14. The number of anilines is 3. The molecule has 94 valence electrons. The molecule has 0 saturated heterocycles. The number of hydrogen-bond acceptors (Lipinski definition) is 5. The van der Waals surface area contributed by atoms with Crippen molar-refractivity contribution in [2.75, 3.05) is 24.5 Å². The van der Waals surface area contributed by atoms with Gasteiger partial charge in [0.1, 0.15) is 11.6 Å². The highest BCUT2D eigenvalue weighted by atomic mass is 16.5. The molecule has 0 fully saturated rings. The number of rotatable bonds is 4. The summed E-state index contributed by atoms with van der Waals surface area (Å²) in [5.41, 5.74) is 4.60. The summed E-state index contributed by atoms with van der Waals surface area (Å²) in [4.78, 5) is 6.12. The Hall–Kier alpha value is -2.27. The minimum atomic E-state index is 0.632. The van der Waals surface area contributed by atoms with Crippen molar-refractivity contribution in [1.82, 2.24) is 4.98 Å². The summed E-state index contributed by atoms with van der Waals surface area (Å²) in [5.74, 6) is 6.82. The molecule has 1 heterocycles. The molecule has 2 aromatic rings. The van der Waals surface area contributed by atoms with Gasteiger partial charge in [0.2, 0.25) is 0 Å². The second-order valence-corrected chi connectivity index (χ2v) is 3.80. The first kappa shape index (κ1) is 12.2. The lowest BCUT2D eigenvalue weighted by atomic mass is 10.2. The van der Waals surface area contributed by atoms with Gasteiger partial charge in [-0.15, -0.1) is 0 Å². The fourth-order valence-corrected chi connectivity index (χ4v) is 1.66. The predicted octanol–water partition coefficient (Wildman–Crippen LogP) is 2.14. The molecule has 0 aliphatic rings. The normalized spacial score (nSPS) is 9.94. The van der Waals surface area contributed by atoms with E-state index in [0.29, 0.717) is 5.82 Å². The van der Waals surface area contributed by atoms with Crippen LogP contribution in [0, 0.1) is 0 Å². The quantitative estimate of drug-likeness (QED) is 0.637. The summed E-state index contributed by atoms with van der Waals surface area (Å²) >= 11 is 0. The van der Waals surface area contributed by atoms with E-state index >= 15 is 0 Å². The summed E-state index contributed by atoms with van der Waals surface area (Å²) in [6.07, 6.45) is 1.71. The predicted molar refractivity (Wildman–Crippen MR) is 73.1 cm³/mol. The number of pyridine rings is 1. The van der Waals surface area contributed by atoms with Crippen molar-refractivity contribution in [3.05, 3.63) is 42.6 Å². The second-order valence-electron chi connectivity index (χ2n) is 3.80. The maximum Gasteiger partial charge on any atom is 0.141 e. The lowest BCUT2D eigenvalue weighted by molar-refractivity contribution is 0.415. The van der Waals surface area contributed by atoms with Crippen LogP contribution in [0.1, 0.15) is 0 Å². The highest BCUT2D eigenvalue weighted by molar-refractivity contribution is 5.65. The van der Waals surface area contributed by atoms with Gasteiger partial charge in [-0.05, 0) is 30.3 Å². The molecule has 0 saturated carbocycles. The molecule has 0 aliphatic heterocycles. The van der Waals surface area contributed by atoms with Crippen LogP contribution >= 0.6 is 0 Å². The van der Waals surface area contributed by atoms with E-state index in [-0.39, 0.29) is 0 Å². The number of methoxy groups -OCH3 is 1. The van der Waals surface area contributed by atoms with Crippen LogP contribution < -0.4 is 20.9 Å². The SMILES string of the molecule is COc1ccc(N(C)c2ccnc(NN)c2)cc1. The van der Waals surface area contributed by atoms with Gasteiger partial charge >= 0.3 is 0 Å². The Kier molecular flexibility index (Phi) is 3.64. The van der Waals surface area contributed by atoms with Crippen molar-refractivity contribution in [2.24, 2.45) is 5.84 Å². The van der Waals surface area contributed by atoms with Gasteiger partial charge in [-0.2, -0.15) is 0 Å². The molecular formula is C13H16N4O. The van der Waals surface area contributed by atoms with Crippen molar-refractivity contribution in [3.8, 4) is 5.75 Å². The minimum absolute atomic E-state index is 0.632. The first-order chi connectivity index (χ1) is 8.74. The molecule has 0 radical (unpaired) electrons. The van der Waals surface area contributed by atoms with E-state index in [1.165, 1.54) is 0 Å². The molecule has 3 N–H and O–H groups in total. The molecule has 0 aliphatic carbocycles. The van der Waals surface area contributed by atoms with E-state index in [9.17, 15) is 0 Å². The van der Waals surface area contributed by atoms with Gasteiger partial charge in [-0.3, -0.25) is 0 Å². The molecule has 5 nitrogen and oxygen atoms in total. The van der Waals surface area contributed by atoms with Gasteiger partial charge in [0, 0.05) is 30.7 Å². The van der Waals surface area contributed by atoms with Crippen LogP contribution in [0.15, 0.2) is 42.6 Å². The van der Waals surface area contributed by atoms with Gasteiger partial charge in [-0.1, -0.05) is 0 Å². The van der Waals surface area contributed by atoms with Crippen LogP contribution in [-0.2, 0) is 0 Å². The molecule has 1 aromatic carbocycles. The van der Waals surface area contributed by atoms with E-state index in [4.69, 9.17) is 10.6 Å². The Labute approximate surface area is 106 Å². The van der Waals surface area contributed by atoms with Gasteiger partial charge in [-0.25, -0.2) is 10.8 Å². The first-order valence-electron chi connectivity index (χ1n) is 5.55. The lowest BCUT2D eigenvalue weighted by Crippen LogP contribution is -2.12. The van der Waals surface area contributed by atoms with Crippen LogP contribution in [0.25, 0.3) is 0 Å². The maximum atomic E-state index is 5.35. The van der Waals surface area contributed by atoms with Gasteiger partial charge in [0.15, 0.2) is 0 Å². The van der Waals surface area contributed by atoms with Crippen LogP contribution in [0.2, 0.25) is 0 Å². The van der Waals surface area contributed by atoms with Crippen molar-refractivity contribution in [3.63, 3.8) is 0 Å². The fraction of sp³-hybridized carbons (Fsp3) is 0.154. The molecule has 0 bridgehead atoms. The van der Waals surface area contributed by atoms with Crippen LogP contribution in [0.5, 0.6) is 5.75 Å². The highest BCUT2D eigenvalue weighted by Gasteiger charge is 2.05. The number of benzene rings is 1. The molecule has 0 spiro atoms. The van der Waals surface area contributed by atoms with Crippen LogP contribution in [0.3, 0.4) is 0 Å². The molecule has 0 amide bonds. The second kappa shape index (κ2) is 5.37. The third kappa shape index (κ3) is 2.52. The van der Waals surface area contributed by atoms with Gasteiger partial charge in [0.05, 0.1) is 7.11 Å². The molecule has 5 heteroatoms. The van der Waals surface area contributed by atoms with E-state index in [1.807, 2.05) is 48.3 Å². The molecule has 0 atom stereocenters. The molecule has 1 aromatic heterocycles. The number of ether oxygens (including phenoxy) is 1. The molecule has 0 unspecified atom stereocenters. The number of aromatic nitrogens is 1. The van der Waals surface area contributed by atoms with E-state index in [1.54, 1.807) is 13.3 Å². The zero-order chi connectivity index (χ0) is 13.0. The Morgan fingerprint density at radius 1 is 1.17 bits per heavy atom. The van der Waals surface area contributed by atoms with E-state index in [0.717, 1.165) is 17.1 Å². The fourth-order valence-electron chi connectivity index (χ4n) is 1.66. The Balaban J connectivity index is 2.25. The van der Waals surface area contributed by atoms with Crippen molar-refractivity contribution < 1.29 is 4.74 Å². The summed E-state index contributed by atoms with van der Waals surface area (Å²) in [5, 5.41) is 0. The van der Waals surface area contributed by atoms with Gasteiger partial charge < -0.3 is 15.1 Å². The third-order valence-electron chi connectivity index (χ3n) is 2.74. The summed E-state index contributed by atoms with van der Waals surface area (Å²) in [6, 6.07) is 11.6. The molecule has 2 rings (SSSR count). The summed E-state index contributed by atoms with van der Waals surface area (Å²) in [6.45, 7) is 0. The van der Waals surface area contributed by atoms with Crippen molar-refractivity contribution >= 4 is 17.2 Å². The smallest absolute Gasteiger partial charge is 0.141 e. The summed E-state index contributed by atoms with van der Waals surface area (Å²) in [7, 11) is 3.64. The zero-order valence-electron chi connectivity index (χ0n) is 10.4. The number of hydrazine groups is 1.